The van der Waals surface area contributed by atoms with Gasteiger partial charge in [0.05, 0.1) is 5.41 Å². The van der Waals surface area contributed by atoms with Crippen molar-refractivity contribution in [3.63, 3.8) is 0 Å². The summed E-state index contributed by atoms with van der Waals surface area (Å²) in [7, 11) is 0. The van der Waals surface area contributed by atoms with Gasteiger partial charge in [0.15, 0.2) is 12.3 Å². The van der Waals surface area contributed by atoms with Gasteiger partial charge in [0.1, 0.15) is 5.78 Å². The molecule has 0 saturated heterocycles. The Morgan fingerprint density at radius 2 is 1.84 bits per heavy atom. The molecule has 0 spiro atoms. The van der Waals surface area contributed by atoms with Crippen molar-refractivity contribution in [1.82, 2.24) is 4.90 Å². The lowest BCUT2D eigenvalue weighted by molar-refractivity contribution is -0.325. The van der Waals surface area contributed by atoms with Crippen molar-refractivity contribution in [2.24, 2.45) is 5.41 Å². The van der Waals surface area contributed by atoms with Gasteiger partial charge in [-0.3, -0.25) is 0 Å². The van der Waals surface area contributed by atoms with Crippen LogP contribution in [0.4, 0.5) is 0 Å². The molecule has 0 amide bonds. The number of Topliss-reactive ketones (excluding diaryl/α,β-unsaturated/α-hetero) is 1. The predicted molar refractivity (Wildman–Crippen MR) is 191 cm³/mol. The Labute approximate surface area is 280 Å². The molecule has 0 saturated carbocycles. The summed E-state index contributed by atoms with van der Waals surface area (Å²) in [6, 6.07) is 10.7. The minimum absolute atomic E-state index is 0.0529. The van der Waals surface area contributed by atoms with Crippen LogP contribution in [0, 0.1) is 5.41 Å². The molecule has 0 aromatic heterocycles. The zero-order chi connectivity index (χ0) is 31.9. The van der Waals surface area contributed by atoms with Crippen LogP contribution in [0.3, 0.4) is 0 Å². The molecule has 5 heteroatoms. The molecule has 1 aromatic rings. The molecule has 236 valence electrons. The molecule has 1 heterocycles. The van der Waals surface area contributed by atoms with Crippen LogP contribution in [0.2, 0.25) is 0 Å². The molecular weight excluding hydrogens is 628 g/mol. The Hall–Kier alpha value is -2.43. The summed E-state index contributed by atoms with van der Waals surface area (Å²) in [4.78, 5) is 14.0. The summed E-state index contributed by atoms with van der Waals surface area (Å²) in [6.45, 7) is 15.0. The Morgan fingerprint density at radius 3 is 2.55 bits per heavy atom. The van der Waals surface area contributed by atoms with Crippen LogP contribution in [0.1, 0.15) is 105 Å². The van der Waals surface area contributed by atoms with Gasteiger partial charge >= 0.3 is 16.1 Å². The third kappa shape index (κ3) is 7.85. The number of benzene rings is 1. The van der Waals surface area contributed by atoms with E-state index < -0.39 is 0 Å². The molecule has 4 rings (SSSR count). The van der Waals surface area contributed by atoms with E-state index in [1.54, 1.807) is 6.92 Å². The van der Waals surface area contributed by atoms with Crippen LogP contribution in [0.15, 0.2) is 99.9 Å². The van der Waals surface area contributed by atoms with Gasteiger partial charge < -0.3 is 9.69 Å². The molecule has 0 bridgehead atoms. The minimum atomic E-state index is -0.174. The maximum atomic E-state index is 11.4. The van der Waals surface area contributed by atoms with E-state index >= 15 is 0 Å². The zero-order valence-corrected chi connectivity index (χ0v) is 30.0. The van der Waals surface area contributed by atoms with Crippen molar-refractivity contribution < 1.29 is 8.40 Å². The van der Waals surface area contributed by atoms with Crippen LogP contribution < -0.4 is 0 Å². The van der Waals surface area contributed by atoms with Crippen LogP contribution in [-0.4, -0.2) is 33.1 Å². The third-order valence-corrected chi connectivity index (χ3v) is 10.9. The summed E-state index contributed by atoms with van der Waals surface area (Å²) < 4.78 is 2.16. The molecule has 0 fully saturated rings. The number of carbonyl (C=O) groups is 1. The highest BCUT2D eigenvalue weighted by Crippen LogP contribution is 2.50. The van der Waals surface area contributed by atoms with Gasteiger partial charge in [0.2, 0.25) is 0 Å². The lowest BCUT2D eigenvalue weighted by atomic mass is 9.79. The molecule has 0 N–H and O–H groups in total. The van der Waals surface area contributed by atoms with Crippen molar-refractivity contribution >= 4 is 39.2 Å². The molecular formula is C39H51BrClN2O+. The highest BCUT2D eigenvalue weighted by molar-refractivity contribution is 9.04. The number of hydrogen-bond acceptors (Lipinski definition) is 2. The highest BCUT2D eigenvalue weighted by atomic mass is 79.9. The number of hydrogen-bond donors (Lipinski definition) is 0. The molecule has 44 heavy (non-hydrogen) atoms. The first-order chi connectivity index (χ1) is 21.0. The molecule has 1 aromatic carbocycles. The molecule has 0 radical (unpaired) electrons. The van der Waals surface area contributed by atoms with Crippen molar-refractivity contribution in [3.8, 4) is 0 Å². The summed E-state index contributed by atoms with van der Waals surface area (Å²) >= 11 is 11.0. The molecule has 3 nitrogen and oxygen atoms in total. The average Bonchev–Trinajstić information content (AvgIpc) is 3.22. The van der Waals surface area contributed by atoms with Crippen molar-refractivity contribution in [3.05, 3.63) is 105 Å². The SMILES string of the molecule is CC/[N+](Br)=C(/C=C/C1=C(Cl)C(=C/C=C2/N(CCCCCC(C)=O)C3=C(C=CCC3)C2(C)C)/CCC1)C(C)(C)c1ccccc1. The molecule has 3 aliphatic rings. The second kappa shape index (κ2) is 15.2. The quantitative estimate of drug-likeness (QED) is 0.125. The highest BCUT2D eigenvalue weighted by Gasteiger charge is 2.41. The van der Waals surface area contributed by atoms with Crippen LogP contribution in [0.5, 0.6) is 0 Å². The Morgan fingerprint density at radius 1 is 1.09 bits per heavy atom. The number of nitrogens with zero attached hydrogens (tertiary/aromatic N) is 2. The van der Waals surface area contributed by atoms with E-state index in [9.17, 15) is 4.79 Å². The Kier molecular flexibility index (Phi) is 11.9. The van der Waals surface area contributed by atoms with Gasteiger partial charge in [-0.15, -0.1) is 0 Å². The van der Waals surface area contributed by atoms with Gasteiger partial charge in [-0.2, -0.15) is 3.60 Å². The number of halogens is 2. The predicted octanol–water partition coefficient (Wildman–Crippen LogP) is 10.9. The minimum Gasteiger partial charge on any atom is -0.347 e. The zero-order valence-electron chi connectivity index (χ0n) is 27.7. The normalized spacial score (nSPS) is 21.1. The van der Waals surface area contributed by atoms with Crippen molar-refractivity contribution in [1.29, 1.82) is 0 Å². The number of ketones is 1. The number of allylic oxidation sites excluding steroid dienone is 11. The first-order valence-corrected chi connectivity index (χ1v) is 17.6. The second-order valence-electron chi connectivity index (χ2n) is 13.4. The first kappa shape index (κ1) is 34.4. The third-order valence-electron chi connectivity index (χ3n) is 9.50. The molecule has 1 aliphatic heterocycles. The van der Waals surface area contributed by atoms with E-state index in [-0.39, 0.29) is 16.6 Å². The van der Waals surface area contributed by atoms with Gasteiger partial charge in [0, 0.05) is 40.9 Å². The van der Waals surface area contributed by atoms with E-state index in [0.29, 0.717) is 6.42 Å². The second-order valence-corrected chi connectivity index (χ2v) is 14.6. The average molecular weight is 679 g/mol. The van der Waals surface area contributed by atoms with E-state index in [4.69, 9.17) is 11.6 Å². The van der Waals surface area contributed by atoms with E-state index in [1.165, 1.54) is 39.4 Å². The monoisotopic (exact) mass is 677 g/mol. The summed E-state index contributed by atoms with van der Waals surface area (Å²) in [5, 5.41) is 0.892. The van der Waals surface area contributed by atoms with Gasteiger partial charge in [-0.25, -0.2) is 0 Å². The lowest BCUT2D eigenvalue weighted by Gasteiger charge is -2.29. The number of unbranched alkanes of at least 4 members (excludes halogenated alkanes) is 2. The summed E-state index contributed by atoms with van der Waals surface area (Å²) in [5.41, 5.74) is 8.97. The summed E-state index contributed by atoms with van der Waals surface area (Å²) in [5.74, 6) is 0.289. The van der Waals surface area contributed by atoms with Crippen molar-refractivity contribution in [2.75, 3.05) is 13.1 Å². The van der Waals surface area contributed by atoms with Crippen LogP contribution in [-0.2, 0) is 10.2 Å². The first-order valence-electron chi connectivity index (χ1n) is 16.5. The van der Waals surface area contributed by atoms with Crippen molar-refractivity contribution in [2.45, 2.75) is 105 Å². The lowest BCUT2D eigenvalue weighted by Crippen LogP contribution is -2.33. The fourth-order valence-electron chi connectivity index (χ4n) is 6.83. The fraction of sp³-hybridized carbons (Fsp3) is 0.487. The Bertz CT molecular complexity index is 1440. The fourth-order valence-corrected chi connectivity index (χ4v) is 7.71. The maximum absolute atomic E-state index is 11.4. The van der Waals surface area contributed by atoms with Crippen LogP contribution in [0.25, 0.3) is 0 Å². The smallest absolute Gasteiger partial charge is 0.325 e. The summed E-state index contributed by atoms with van der Waals surface area (Å²) in [6.07, 6.45) is 22.9. The Balaban J connectivity index is 1.62. The van der Waals surface area contributed by atoms with Gasteiger partial charge in [0.25, 0.3) is 0 Å². The largest absolute Gasteiger partial charge is 0.347 e. The maximum Gasteiger partial charge on any atom is 0.325 e. The van der Waals surface area contributed by atoms with E-state index in [2.05, 4.69) is 126 Å². The number of carbonyl (C=O) groups excluding carboxylic acids is 1. The van der Waals surface area contributed by atoms with Gasteiger partial charge in [-0.1, -0.05) is 86.5 Å². The van der Waals surface area contributed by atoms with E-state index in [0.717, 1.165) is 69.5 Å². The van der Waals surface area contributed by atoms with E-state index in [1.807, 2.05) is 0 Å². The molecule has 2 aliphatic carbocycles. The molecule has 0 unspecified atom stereocenters. The standard InChI is InChI=1S/C39H51BrClN2O/c1-7-43(40)36(38(3,4)32-20-11-8-12-21-32)27-25-31-19-16-18-30(37(31)41)24-26-35-39(5,6)33-22-13-14-23-34(33)42(35)28-15-9-10-17-29(2)44/h8,11-13,20-22,24-27H,7,9-10,14-19,23,28H2,1-6H3/q+1. The molecule has 0 atom stereocenters. The number of rotatable bonds is 12. The van der Waals surface area contributed by atoms with Gasteiger partial charge in [-0.05, 0) is 101 Å². The topological polar surface area (TPSA) is 23.3 Å². The van der Waals surface area contributed by atoms with Crippen LogP contribution >= 0.6 is 27.7 Å².